The molecule has 0 atom stereocenters. The highest BCUT2D eigenvalue weighted by molar-refractivity contribution is 5.99. The quantitative estimate of drug-likeness (QED) is 0.859. The Bertz CT molecular complexity index is 467. The Balaban J connectivity index is 1.75. The number of para-hydroxylation sites is 1. The van der Waals surface area contributed by atoms with Crippen LogP contribution in [-0.2, 0) is 0 Å². The van der Waals surface area contributed by atoms with Crippen LogP contribution in [0, 0.1) is 0 Å². The van der Waals surface area contributed by atoms with Gasteiger partial charge in [0.05, 0.1) is 11.3 Å². The lowest BCUT2D eigenvalue weighted by atomic mass is 9.95. The Kier molecular flexibility index (Phi) is 3.58. The topological polar surface area (TPSA) is 50.4 Å². The van der Waals surface area contributed by atoms with E-state index in [0.29, 0.717) is 24.0 Å². The fourth-order valence-corrected chi connectivity index (χ4v) is 2.86. The van der Waals surface area contributed by atoms with Crippen molar-refractivity contribution in [3.63, 3.8) is 0 Å². The van der Waals surface area contributed by atoms with E-state index in [4.69, 9.17) is 4.74 Å². The summed E-state index contributed by atoms with van der Waals surface area (Å²) in [7, 11) is 0. The van der Waals surface area contributed by atoms with Gasteiger partial charge in [-0.25, -0.2) is 0 Å². The number of carbonyl (C=O) groups excluding carboxylic acids is 1. The van der Waals surface area contributed by atoms with E-state index in [1.807, 2.05) is 18.2 Å². The summed E-state index contributed by atoms with van der Waals surface area (Å²) in [4.78, 5) is 12.4. The van der Waals surface area contributed by atoms with Gasteiger partial charge in [-0.3, -0.25) is 4.79 Å². The van der Waals surface area contributed by atoms with Crippen molar-refractivity contribution >= 4 is 11.6 Å². The third-order valence-corrected chi connectivity index (χ3v) is 3.86. The highest BCUT2D eigenvalue weighted by atomic mass is 16.5. The lowest BCUT2D eigenvalue weighted by Gasteiger charge is -2.25. The van der Waals surface area contributed by atoms with E-state index in [-0.39, 0.29) is 5.91 Å². The number of nitrogens with one attached hydrogen (secondary N) is 2. The second-order valence-electron chi connectivity index (χ2n) is 5.27. The summed E-state index contributed by atoms with van der Waals surface area (Å²) in [5.74, 6) is 0.689. The predicted octanol–water partition coefficient (Wildman–Crippen LogP) is 2.55. The monoisotopic (exact) mass is 260 g/mol. The van der Waals surface area contributed by atoms with E-state index < -0.39 is 0 Å². The molecular formula is C15H20N2O2. The number of benzene rings is 1. The van der Waals surface area contributed by atoms with Gasteiger partial charge in [0.15, 0.2) is 5.75 Å². The molecular weight excluding hydrogens is 240 g/mol. The van der Waals surface area contributed by atoms with Crippen molar-refractivity contribution in [3.05, 3.63) is 23.8 Å². The van der Waals surface area contributed by atoms with Crippen molar-refractivity contribution in [2.75, 3.05) is 18.5 Å². The molecule has 0 radical (unpaired) electrons. The molecule has 4 nitrogen and oxygen atoms in total. The first-order valence-electron chi connectivity index (χ1n) is 7.15. The molecule has 3 rings (SSSR count). The molecule has 0 unspecified atom stereocenters. The van der Waals surface area contributed by atoms with Gasteiger partial charge in [0, 0.05) is 12.6 Å². The van der Waals surface area contributed by atoms with Gasteiger partial charge in [0.1, 0.15) is 6.61 Å². The first kappa shape index (κ1) is 12.3. The number of ether oxygens (including phenoxy) is 1. The molecule has 1 aliphatic carbocycles. The van der Waals surface area contributed by atoms with E-state index in [1.54, 1.807) is 0 Å². The van der Waals surface area contributed by atoms with Gasteiger partial charge in [-0.15, -0.1) is 0 Å². The number of amides is 1. The molecule has 1 aliphatic heterocycles. The van der Waals surface area contributed by atoms with Crippen LogP contribution in [0.5, 0.6) is 5.75 Å². The van der Waals surface area contributed by atoms with Crippen LogP contribution < -0.4 is 15.4 Å². The lowest BCUT2D eigenvalue weighted by Crippen LogP contribution is -2.36. The van der Waals surface area contributed by atoms with Crippen LogP contribution in [0.3, 0.4) is 0 Å². The number of carbonyl (C=O) groups is 1. The molecule has 0 bridgehead atoms. The minimum Gasteiger partial charge on any atom is -0.489 e. The zero-order chi connectivity index (χ0) is 13.1. The van der Waals surface area contributed by atoms with Crippen molar-refractivity contribution in [1.82, 2.24) is 5.32 Å². The van der Waals surface area contributed by atoms with Crippen LogP contribution in [0.2, 0.25) is 0 Å². The van der Waals surface area contributed by atoms with Gasteiger partial charge in [-0.05, 0) is 25.0 Å². The maximum atomic E-state index is 12.4. The minimum atomic E-state index is -0.00699. The largest absolute Gasteiger partial charge is 0.489 e. The summed E-state index contributed by atoms with van der Waals surface area (Å²) in [5, 5.41) is 6.40. The molecule has 1 heterocycles. The summed E-state index contributed by atoms with van der Waals surface area (Å²) in [6.45, 7) is 1.40. The molecule has 2 N–H and O–H groups in total. The van der Waals surface area contributed by atoms with E-state index in [0.717, 1.165) is 25.1 Å². The Morgan fingerprint density at radius 3 is 2.95 bits per heavy atom. The van der Waals surface area contributed by atoms with E-state index in [9.17, 15) is 4.79 Å². The summed E-state index contributed by atoms with van der Waals surface area (Å²) in [6.07, 6.45) is 5.92. The molecule has 0 spiro atoms. The number of rotatable bonds is 2. The Morgan fingerprint density at radius 1 is 1.26 bits per heavy atom. The first-order valence-corrected chi connectivity index (χ1v) is 7.15. The van der Waals surface area contributed by atoms with Gasteiger partial charge in [0.25, 0.3) is 5.91 Å². The van der Waals surface area contributed by atoms with Gasteiger partial charge < -0.3 is 15.4 Å². The average molecular weight is 260 g/mol. The zero-order valence-electron chi connectivity index (χ0n) is 11.1. The Labute approximate surface area is 113 Å². The maximum Gasteiger partial charge on any atom is 0.255 e. The first-order chi connectivity index (χ1) is 9.34. The number of hydrogen-bond donors (Lipinski definition) is 2. The van der Waals surface area contributed by atoms with Gasteiger partial charge >= 0.3 is 0 Å². The average Bonchev–Trinajstić information content (AvgIpc) is 2.47. The van der Waals surface area contributed by atoms with Gasteiger partial charge in [0.2, 0.25) is 0 Å². The molecule has 1 aromatic carbocycles. The van der Waals surface area contributed by atoms with E-state index in [2.05, 4.69) is 10.6 Å². The van der Waals surface area contributed by atoms with Crippen molar-refractivity contribution < 1.29 is 9.53 Å². The fraction of sp³-hybridized carbons (Fsp3) is 0.533. The smallest absolute Gasteiger partial charge is 0.255 e. The SMILES string of the molecule is O=C(NC1CCCCC1)c1cccc2c1OCCN2. The Morgan fingerprint density at radius 2 is 2.11 bits per heavy atom. The van der Waals surface area contributed by atoms with E-state index >= 15 is 0 Å². The van der Waals surface area contributed by atoms with Crippen LogP contribution in [0.25, 0.3) is 0 Å². The fourth-order valence-electron chi connectivity index (χ4n) is 2.86. The third kappa shape index (κ3) is 2.67. The number of anilines is 1. The molecule has 19 heavy (non-hydrogen) atoms. The van der Waals surface area contributed by atoms with Crippen molar-refractivity contribution in [2.24, 2.45) is 0 Å². The van der Waals surface area contributed by atoms with Crippen LogP contribution in [0.4, 0.5) is 5.69 Å². The van der Waals surface area contributed by atoms with Crippen molar-refractivity contribution in [1.29, 1.82) is 0 Å². The molecule has 1 amide bonds. The van der Waals surface area contributed by atoms with Gasteiger partial charge in [-0.1, -0.05) is 25.3 Å². The Hall–Kier alpha value is -1.71. The molecule has 2 aliphatic rings. The third-order valence-electron chi connectivity index (χ3n) is 3.86. The predicted molar refractivity (Wildman–Crippen MR) is 74.8 cm³/mol. The summed E-state index contributed by atoms with van der Waals surface area (Å²) in [6, 6.07) is 6.01. The highest BCUT2D eigenvalue weighted by Gasteiger charge is 2.22. The molecule has 1 saturated carbocycles. The lowest BCUT2D eigenvalue weighted by molar-refractivity contribution is 0.0923. The molecule has 0 saturated heterocycles. The molecule has 4 heteroatoms. The molecule has 1 aromatic rings. The molecule has 0 aromatic heterocycles. The second-order valence-corrected chi connectivity index (χ2v) is 5.27. The summed E-state index contributed by atoms with van der Waals surface area (Å²) >= 11 is 0. The molecule has 102 valence electrons. The zero-order valence-corrected chi connectivity index (χ0v) is 11.1. The minimum absolute atomic E-state index is 0.00699. The van der Waals surface area contributed by atoms with Crippen molar-refractivity contribution in [2.45, 2.75) is 38.1 Å². The number of fused-ring (bicyclic) bond motifs is 1. The van der Waals surface area contributed by atoms with Crippen LogP contribution in [0.15, 0.2) is 18.2 Å². The molecule has 1 fully saturated rings. The standard InChI is InChI=1S/C15H20N2O2/c18-15(17-11-5-2-1-3-6-11)12-7-4-8-13-14(12)19-10-9-16-13/h4,7-8,11,16H,1-3,5-6,9-10H2,(H,17,18). The van der Waals surface area contributed by atoms with Gasteiger partial charge in [-0.2, -0.15) is 0 Å². The van der Waals surface area contributed by atoms with Crippen LogP contribution in [0.1, 0.15) is 42.5 Å². The van der Waals surface area contributed by atoms with Crippen LogP contribution >= 0.6 is 0 Å². The highest BCUT2D eigenvalue weighted by Crippen LogP contribution is 2.31. The van der Waals surface area contributed by atoms with Crippen molar-refractivity contribution in [3.8, 4) is 5.75 Å². The summed E-state index contributed by atoms with van der Waals surface area (Å²) < 4.78 is 5.64. The van der Waals surface area contributed by atoms with E-state index in [1.165, 1.54) is 19.3 Å². The summed E-state index contributed by atoms with van der Waals surface area (Å²) in [5.41, 5.74) is 1.57. The van der Waals surface area contributed by atoms with Crippen LogP contribution in [-0.4, -0.2) is 25.1 Å². The second kappa shape index (κ2) is 5.51. The normalized spacial score (nSPS) is 18.9. The maximum absolute atomic E-state index is 12.4. The number of hydrogen-bond acceptors (Lipinski definition) is 3.